The van der Waals surface area contributed by atoms with Crippen LogP contribution in [0.4, 0.5) is 4.79 Å². The van der Waals surface area contributed by atoms with E-state index in [0.29, 0.717) is 71.7 Å². The fourth-order valence-corrected chi connectivity index (χ4v) is 13.2. The number of hydrogen-bond acceptors (Lipinski definition) is 9. The Morgan fingerprint density at radius 1 is 0.481 bits per heavy atom. The maximum atomic E-state index is 12.1. The number of aliphatic hydroxyl groups is 1. The molecule has 1 saturated carbocycles. The quantitative estimate of drug-likeness (QED) is 0.0888. The molecule has 8 heterocycles. The van der Waals surface area contributed by atoms with Gasteiger partial charge >= 0.3 is 6.03 Å². The largest absolute Gasteiger partial charge is 0.387 e. The van der Waals surface area contributed by atoms with Gasteiger partial charge in [0.1, 0.15) is 6.61 Å². The van der Waals surface area contributed by atoms with Crippen LogP contribution in [0.3, 0.4) is 0 Å². The topological polar surface area (TPSA) is 242 Å². The number of piperidine rings is 4. The number of rotatable bonds is 7. The molecule has 1 aliphatic carbocycles. The zero-order valence-electron chi connectivity index (χ0n) is 45.6. The third kappa shape index (κ3) is 13.6. The van der Waals surface area contributed by atoms with Gasteiger partial charge in [-0.1, -0.05) is 60.3 Å². The van der Waals surface area contributed by atoms with Crippen molar-refractivity contribution in [2.75, 3.05) is 59.0 Å². The van der Waals surface area contributed by atoms with Crippen molar-refractivity contribution in [3.63, 3.8) is 0 Å². The van der Waals surface area contributed by atoms with Gasteiger partial charge in [0.15, 0.2) is 0 Å². The summed E-state index contributed by atoms with van der Waals surface area (Å²) in [5.41, 5.74) is 14.1. The molecule has 13 rings (SSSR count). The molecule has 4 aromatic heterocycles. The van der Waals surface area contributed by atoms with Crippen LogP contribution in [0, 0.1) is 11.8 Å². The number of H-pyrrole nitrogens is 4. The van der Waals surface area contributed by atoms with Crippen LogP contribution in [0.2, 0.25) is 20.1 Å². The number of likely N-dealkylation sites (tertiary alicyclic amines) is 4. The molecule has 0 spiro atoms. The van der Waals surface area contributed by atoms with Crippen molar-refractivity contribution in [1.29, 1.82) is 0 Å². The second-order valence-electron chi connectivity index (χ2n) is 22.3. The van der Waals surface area contributed by atoms with Gasteiger partial charge in [-0.15, -0.1) is 0 Å². The summed E-state index contributed by atoms with van der Waals surface area (Å²) in [5.74, 6) is 2.52. The first kappa shape index (κ1) is 57.8. The first-order valence-corrected chi connectivity index (χ1v) is 29.6. The third-order valence-electron chi connectivity index (χ3n) is 16.8. The molecule has 0 atom stereocenters. The molecular formula is C59H69Cl4N13O5. The van der Waals surface area contributed by atoms with Gasteiger partial charge in [0.25, 0.3) is 0 Å². The fraction of sp³-hybridized carbons (Fsp3) is 0.458. The number of halogens is 4. The predicted octanol–water partition coefficient (Wildman–Crippen LogP) is 11.3. The number of aromatic amines is 4. The molecular weight excluding hydrogens is 1110 g/mol. The molecule has 428 valence electrons. The minimum atomic E-state index is -0.409. The van der Waals surface area contributed by atoms with Crippen molar-refractivity contribution in [2.45, 2.75) is 102 Å². The molecule has 22 heteroatoms. The Morgan fingerprint density at radius 3 is 1.06 bits per heavy atom. The minimum Gasteiger partial charge on any atom is -0.387 e. The molecule has 5 amide bonds. The van der Waals surface area contributed by atoms with Crippen LogP contribution in [-0.2, 0) is 14.4 Å². The number of amides is 5. The maximum Gasteiger partial charge on any atom is 0.314 e. The first-order valence-electron chi connectivity index (χ1n) is 28.1. The number of nitrogens with two attached hydrogens (primary N) is 1. The van der Waals surface area contributed by atoms with E-state index in [1.807, 2.05) is 90.9 Å². The molecule has 0 bridgehead atoms. The number of carbonyl (C=O) groups is 4. The van der Waals surface area contributed by atoms with E-state index in [4.69, 9.17) is 57.2 Å². The summed E-state index contributed by atoms with van der Waals surface area (Å²) in [6.45, 7) is 9.65. The van der Waals surface area contributed by atoms with Crippen molar-refractivity contribution >= 4 is 114 Å². The SMILES string of the molecule is CC(C)C(=O)N1CCC(c2cc(Cl)cc3[nH]ncc23)CC1.NC(=O)N1CCC(c2cc(Cl)cc3[nH]ncc23)CC1.O=C(C1CC1)N1CCC(c2cc(Cl)cc3[nH]ncc23)CC1.O=C(CO)N1CCC(c2cc(Cl)cc3[nH]ncc23)CC1. The Balaban J connectivity index is 0.000000121. The van der Waals surface area contributed by atoms with Crippen LogP contribution in [0.1, 0.15) is 124 Å². The third-order valence-corrected chi connectivity index (χ3v) is 17.7. The van der Waals surface area contributed by atoms with E-state index in [9.17, 15) is 19.2 Å². The average Bonchev–Trinajstić information content (AvgIpc) is 3.95. The van der Waals surface area contributed by atoms with Crippen LogP contribution in [-0.4, -0.2) is 148 Å². The maximum absolute atomic E-state index is 12.1. The lowest BCUT2D eigenvalue weighted by Gasteiger charge is -2.33. The Bertz CT molecular complexity index is 3400. The molecule has 4 aromatic carbocycles. The van der Waals surface area contributed by atoms with E-state index in [2.05, 4.69) is 46.9 Å². The van der Waals surface area contributed by atoms with E-state index in [1.165, 1.54) is 22.3 Å². The predicted molar refractivity (Wildman–Crippen MR) is 318 cm³/mol. The van der Waals surface area contributed by atoms with Gasteiger partial charge in [-0.3, -0.25) is 34.8 Å². The Hall–Kier alpha value is -6.44. The van der Waals surface area contributed by atoms with Crippen LogP contribution >= 0.6 is 46.4 Å². The lowest BCUT2D eigenvalue weighted by molar-refractivity contribution is -0.136. The summed E-state index contributed by atoms with van der Waals surface area (Å²) in [6, 6.07) is 15.3. The number of primary amides is 1. The van der Waals surface area contributed by atoms with Gasteiger partial charge in [-0.05, 0) is 159 Å². The van der Waals surface area contributed by atoms with E-state index in [0.717, 1.165) is 144 Å². The highest BCUT2D eigenvalue weighted by atomic mass is 35.5. The van der Waals surface area contributed by atoms with E-state index in [1.54, 1.807) is 9.80 Å². The second-order valence-corrected chi connectivity index (χ2v) is 24.1. The number of nitrogens with zero attached hydrogens (tertiary/aromatic N) is 8. The molecule has 7 N–H and O–H groups in total. The molecule has 4 aliphatic heterocycles. The monoisotopic (exact) mass is 1180 g/mol. The second kappa shape index (κ2) is 25.8. The zero-order chi connectivity index (χ0) is 56.9. The Labute approximate surface area is 489 Å². The summed E-state index contributed by atoms with van der Waals surface area (Å²) < 4.78 is 0. The van der Waals surface area contributed by atoms with Gasteiger partial charge in [-0.25, -0.2) is 4.79 Å². The number of nitrogens with one attached hydrogen (secondary N) is 4. The first-order chi connectivity index (χ1) is 39.1. The van der Waals surface area contributed by atoms with Gasteiger partial charge < -0.3 is 30.4 Å². The van der Waals surface area contributed by atoms with Gasteiger partial charge in [0.05, 0.1) is 46.9 Å². The van der Waals surface area contributed by atoms with Crippen molar-refractivity contribution in [3.05, 3.63) is 116 Å². The number of aliphatic hydroxyl groups excluding tert-OH is 1. The summed E-state index contributed by atoms with van der Waals surface area (Å²) in [7, 11) is 0. The van der Waals surface area contributed by atoms with Crippen LogP contribution in [0.15, 0.2) is 73.3 Å². The van der Waals surface area contributed by atoms with E-state index >= 15 is 0 Å². The number of carbonyl (C=O) groups excluding carboxylic acids is 4. The van der Waals surface area contributed by atoms with Crippen molar-refractivity contribution in [3.8, 4) is 0 Å². The van der Waals surface area contributed by atoms with E-state index in [-0.39, 0.29) is 23.8 Å². The van der Waals surface area contributed by atoms with Crippen molar-refractivity contribution in [1.82, 2.24) is 60.4 Å². The average molecular weight is 1180 g/mol. The molecule has 4 saturated heterocycles. The number of hydrogen-bond donors (Lipinski definition) is 6. The highest BCUT2D eigenvalue weighted by Crippen LogP contribution is 2.40. The minimum absolute atomic E-state index is 0.0771. The van der Waals surface area contributed by atoms with Crippen molar-refractivity contribution < 1.29 is 24.3 Å². The summed E-state index contributed by atoms with van der Waals surface area (Å²) in [6.07, 6.45) is 17.1. The number of aromatic nitrogens is 8. The molecule has 0 radical (unpaired) electrons. The van der Waals surface area contributed by atoms with Crippen molar-refractivity contribution in [2.24, 2.45) is 17.6 Å². The highest BCUT2D eigenvalue weighted by molar-refractivity contribution is 6.32. The standard InChI is InChI=1S/C16H18ClN3O.C16H20ClN3O.C14H16ClN3O2.C13H15ClN4O/c17-12-7-13(14-9-18-19-15(14)8-12)10-3-5-20(6-4-10)16(21)11-1-2-11;1-10(2)16(21)20-5-3-11(4-6-20)13-7-12(17)8-15-14(13)9-18-19-15;15-10-5-11(12-7-16-17-13(12)6-10)9-1-3-18(4-2-9)14(20)8-19;14-9-5-10(11-7-16-17-12(11)6-9)8-1-3-18(4-2-8)13(15)19/h7-11H,1-6H2,(H,18,19);7-11H,3-6H2,1-2H3,(H,18,19);5-7,9,19H,1-4,8H2,(H,16,17);5-8H,1-4H2,(H2,15,19)(H,16,17). The molecule has 0 unspecified atom stereocenters. The molecule has 8 aromatic rings. The molecule has 18 nitrogen and oxygen atoms in total. The lowest BCUT2D eigenvalue weighted by atomic mass is 9.87. The van der Waals surface area contributed by atoms with Crippen LogP contribution in [0.5, 0.6) is 0 Å². The molecule has 5 fully saturated rings. The Morgan fingerprint density at radius 2 is 0.778 bits per heavy atom. The smallest absolute Gasteiger partial charge is 0.314 e. The summed E-state index contributed by atoms with van der Waals surface area (Å²) >= 11 is 24.7. The molecule has 5 aliphatic rings. The fourth-order valence-electron chi connectivity index (χ4n) is 12.2. The Kier molecular flexibility index (Phi) is 18.4. The van der Waals surface area contributed by atoms with Crippen LogP contribution < -0.4 is 5.73 Å². The molecule has 81 heavy (non-hydrogen) atoms. The number of urea groups is 1. The van der Waals surface area contributed by atoms with Gasteiger partial charge in [0, 0.05) is 106 Å². The highest BCUT2D eigenvalue weighted by Gasteiger charge is 2.36. The van der Waals surface area contributed by atoms with E-state index < -0.39 is 6.61 Å². The van der Waals surface area contributed by atoms with Crippen LogP contribution in [0.25, 0.3) is 43.6 Å². The zero-order valence-corrected chi connectivity index (χ0v) is 48.6. The van der Waals surface area contributed by atoms with Gasteiger partial charge in [0.2, 0.25) is 17.7 Å². The summed E-state index contributed by atoms with van der Waals surface area (Å²) in [5, 5.41) is 44.6. The number of fused-ring (bicyclic) bond motifs is 4. The van der Waals surface area contributed by atoms with Gasteiger partial charge in [-0.2, -0.15) is 20.4 Å². The lowest BCUT2D eigenvalue weighted by Crippen LogP contribution is -2.41. The normalized spacial score (nSPS) is 17.7. The number of benzene rings is 4. The summed E-state index contributed by atoms with van der Waals surface area (Å²) in [4.78, 5) is 54.2.